The summed E-state index contributed by atoms with van der Waals surface area (Å²) < 4.78 is 5.25. The van der Waals surface area contributed by atoms with Crippen molar-refractivity contribution in [3.05, 3.63) is 52.2 Å². The van der Waals surface area contributed by atoms with E-state index in [2.05, 4.69) is 36.0 Å². The fourth-order valence-electron chi connectivity index (χ4n) is 2.06. The summed E-state index contributed by atoms with van der Waals surface area (Å²) in [5.74, 6) is 0.730. The summed E-state index contributed by atoms with van der Waals surface area (Å²) in [5, 5.41) is 16.3. The lowest BCUT2D eigenvalue weighted by atomic mass is 10.1. The van der Waals surface area contributed by atoms with E-state index in [4.69, 9.17) is 10.00 Å². The van der Waals surface area contributed by atoms with Gasteiger partial charge in [-0.3, -0.25) is 0 Å². The lowest BCUT2D eigenvalue weighted by Crippen LogP contribution is -2.22. The van der Waals surface area contributed by atoms with Crippen LogP contribution in [-0.2, 0) is 0 Å². The molecule has 3 nitrogen and oxygen atoms in total. The van der Waals surface area contributed by atoms with Gasteiger partial charge in [0.05, 0.1) is 0 Å². The molecule has 0 bridgehead atoms. The molecule has 1 aromatic heterocycles. The predicted octanol–water partition coefficient (Wildman–Crippen LogP) is 4.06. The monoisotopic (exact) mass is 286 g/mol. The van der Waals surface area contributed by atoms with E-state index in [-0.39, 0.29) is 12.6 Å². The van der Waals surface area contributed by atoms with Crippen LogP contribution in [0.1, 0.15) is 37.1 Å². The predicted molar refractivity (Wildman–Crippen MR) is 81.8 cm³/mol. The highest BCUT2D eigenvalue weighted by Crippen LogP contribution is 2.22. The Hall–Kier alpha value is -1.83. The van der Waals surface area contributed by atoms with Gasteiger partial charge in [-0.15, -0.1) is 0 Å². The van der Waals surface area contributed by atoms with Crippen LogP contribution in [0, 0.1) is 11.3 Å². The minimum atomic E-state index is 0.0857. The summed E-state index contributed by atoms with van der Waals surface area (Å²) in [6.45, 7) is 4.40. The molecule has 104 valence electrons. The lowest BCUT2D eigenvalue weighted by Gasteiger charge is -2.20. The van der Waals surface area contributed by atoms with Crippen molar-refractivity contribution in [2.75, 3.05) is 6.61 Å². The van der Waals surface area contributed by atoms with Gasteiger partial charge >= 0.3 is 0 Å². The Labute approximate surface area is 123 Å². The van der Waals surface area contributed by atoms with Crippen molar-refractivity contribution < 1.29 is 4.74 Å². The fourth-order valence-corrected chi connectivity index (χ4v) is 2.81. The maximum absolute atomic E-state index is 8.48. The number of ether oxygens (including phenoxy) is 1. The highest BCUT2D eigenvalue weighted by Gasteiger charge is 2.11. The molecule has 0 aliphatic rings. The molecule has 2 atom stereocenters. The van der Waals surface area contributed by atoms with Crippen molar-refractivity contribution in [2.24, 2.45) is 0 Å². The van der Waals surface area contributed by atoms with Crippen LogP contribution in [0.15, 0.2) is 41.1 Å². The first-order valence-corrected chi connectivity index (χ1v) is 7.53. The number of nitrogens with one attached hydrogen (secondary N) is 1. The van der Waals surface area contributed by atoms with Crippen LogP contribution < -0.4 is 10.1 Å². The molecule has 1 aromatic carbocycles. The maximum atomic E-state index is 8.48. The third-order valence-electron chi connectivity index (χ3n) is 3.23. The second kappa shape index (κ2) is 7.09. The van der Waals surface area contributed by atoms with Gasteiger partial charge in [0.2, 0.25) is 0 Å². The first-order valence-electron chi connectivity index (χ1n) is 6.58. The zero-order chi connectivity index (χ0) is 14.4. The molecule has 2 rings (SSSR count). The molecule has 20 heavy (non-hydrogen) atoms. The van der Waals surface area contributed by atoms with E-state index in [9.17, 15) is 0 Å². The molecule has 1 heterocycles. The van der Waals surface area contributed by atoms with Crippen molar-refractivity contribution in [1.82, 2.24) is 5.32 Å². The number of hydrogen-bond donors (Lipinski definition) is 1. The van der Waals surface area contributed by atoms with Gasteiger partial charge in [0.15, 0.2) is 6.61 Å². The Balaban J connectivity index is 1.95. The summed E-state index contributed by atoms with van der Waals surface area (Å²) >= 11 is 1.72. The zero-order valence-electron chi connectivity index (χ0n) is 11.7. The molecule has 0 amide bonds. The van der Waals surface area contributed by atoms with E-state index >= 15 is 0 Å². The van der Waals surface area contributed by atoms with Crippen LogP contribution in [0.3, 0.4) is 0 Å². The van der Waals surface area contributed by atoms with E-state index in [0.717, 1.165) is 5.75 Å². The summed E-state index contributed by atoms with van der Waals surface area (Å²) in [5.41, 5.74) is 2.52. The van der Waals surface area contributed by atoms with Crippen molar-refractivity contribution in [3.8, 4) is 11.8 Å². The van der Waals surface area contributed by atoms with Crippen molar-refractivity contribution in [1.29, 1.82) is 5.26 Å². The largest absolute Gasteiger partial charge is 0.479 e. The molecule has 2 aromatic rings. The van der Waals surface area contributed by atoms with Crippen LogP contribution in [-0.4, -0.2) is 6.61 Å². The molecule has 0 fully saturated rings. The number of nitriles is 1. The van der Waals surface area contributed by atoms with Crippen molar-refractivity contribution >= 4 is 11.3 Å². The molecule has 0 spiro atoms. The molecule has 1 N–H and O–H groups in total. The average molecular weight is 286 g/mol. The van der Waals surface area contributed by atoms with Gasteiger partial charge in [0.1, 0.15) is 11.8 Å². The highest BCUT2D eigenvalue weighted by molar-refractivity contribution is 7.07. The molecular weight excluding hydrogens is 268 g/mol. The third-order valence-corrected chi connectivity index (χ3v) is 3.93. The number of hydrogen-bond acceptors (Lipinski definition) is 4. The van der Waals surface area contributed by atoms with E-state index in [1.54, 1.807) is 11.3 Å². The van der Waals surface area contributed by atoms with Crippen LogP contribution in [0.5, 0.6) is 5.75 Å². The standard InChI is InChI=1S/C16H18N2OS/c1-12(18-13(2)15-7-10-20-11-15)14-3-5-16(6-4-14)19-9-8-17/h3-7,10-13,18H,9H2,1-2H3. The van der Waals surface area contributed by atoms with Crippen LogP contribution in [0.4, 0.5) is 0 Å². The van der Waals surface area contributed by atoms with Crippen LogP contribution >= 0.6 is 11.3 Å². The molecule has 4 heteroatoms. The lowest BCUT2D eigenvalue weighted by molar-refractivity contribution is 0.368. The number of nitrogens with zero attached hydrogens (tertiary/aromatic N) is 1. The van der Waals surface area contributed by atoms with Gasteiger partial charge < -0.3 is 10.1 Å². The summed E-state index contributed by atoms with van der Waals surface area (Å²) in [7, 11) is 0. The van der Waals surface area contributed by atoms with Crippen LogP contribution in [0.25, 0.3) is 0 Å². The van der Waals surface area contributed by atoms with Gasteiger partial charge in [-0.05, 0) is 53.9 Å². The molecular formula is C16H18N2OS. The molecule has 0 aliphatic heterocycles. The van der Waals surface area contributed by atoms with Gasteiger partial charge in [-0.25, -0.2) is 0 Å². The van der Waals surface area contributed by atoms with Crippen molar-refractivity contribution in [3.63, 3.8) is 0 Å². The zero-order valence-corrected chi connectivity index (χ0v) is 12.5. The number of rotatable bonds is 6. The number of thiophene rings is 1. The average Bonchev–Trinajstić information content (AvgIpc) is 3.00. The van der Waals surface area contributed by atoms with Gasteiger partial charge in [0.25, 0.3) is 0 Å². The Morgan fingerprint density at radius 1 is 1.15 bits per heavy atom. The maximum Gasteiger partial charge on any atom is 0.174 e. The van der Waals surface area contributed by atoms with Gasteiger partial charge in [-0.1, -0.05) is 12.1 Å². The summed E-state index contributed by atoms with van der Waals surface area (Å²) in [6, 6.07) is 12.6. The van der Waals surface area contributed by atoms with E-state index in [0.29, 0.717) is 6.04 Å². The summed E-state index contributed by atoms with van der Waals surface area (Å²) in [4.78, 5) is 0. The van der Waals surface area contributed by atoms with Crippen molar-refractivity contribution in [2.45, 2.75) is 25.9 Å². The molecule has 2 unspecified atom stereocenters. The van der Waals surface area contributed by atoms with Gasteiger partial charge in [-0.2, -0.15) is 16.6 Å². The van der Waals surface area contributed by atoms with Crippen LogP contribution in [0.2, 0.25) is 0 Å². The Bertz CT molecular complexity index is 557. The fraction of sp³-hybridized carbons (Fsp3) is 0.312. The second-order valence-corrected chi connectivity index (χ2v) is 5.46. The smallest absolute Gasteiger partial charge is 0.174 e. The topological polar surface area (TPSA) is 45.0 Å². The van der Waals surface area contributed by atoms with E-state index in [1.807, 2.05) is 30.3 Å². The quantitative estimate of drug-likeness (QED) is 0.871. The number of benzene rings is 1. The van der Waals surface area contributed by atoms with E-state index < -0.39 is 0 Å². The first kappa shape index (κ1) is 14.6. The van der Waals surface area contributed by atoms with E-state index in [1.165, 1.54) is 11.1 Å². The summed E-state index contributed by atoms with van der Waals surface area (Å²) in [6.07, 6.45) is 0. The van der Waals surface area contributed by atoms with Gasteiger partial charge in [0, 0.05) is 12.1 Å². The highest BCUT2D eigenvalue weighted by atomic mass is 32.1. The third kappa shape index (κ3) is 3.83. The normalized spacial score (nSPS) is 13.4. The SMILES string of the molecule is CC(NC(C)c1ccsc1)c1ccc(OCC#N)cc1. The Morgan fingerprint density at radius 3 is 2.45 bits per heavy atom. The Kier molecular flexibility index (Phi) is 5.16. The minimum absolute atomic E-state index is 0.0857. The molecule has 0 saturated carbocycles. The second-order valence-electron chi connectivity index (χ2n) is 4.68. The molecule has 0 aliphatic carbocycles. The molecule has 0 saturated heterocycles. The minimum Gasteiger partial charge on any atom is -0.479 e. The molecule has 0 radical (unpaired) electrons. The Morgan fingerprint density at radius 2 is 1.85 bits per heavy atom. The first-order chi connectivity index (χ1) is 9.70.